The molecule has 0 aromatic heterocycles. The number of anilines is 2. The number of benzene rings is 2. The molecule has 2 aromatic carbocycles. The Kier molecular flexibility index (Phi) is 4.75. The van der Waals surface area contributed by atoms with E-state index in [-0.39, 0.29) is 5.91 Å². The molecule has 3 N–H and O–H groups in total. The molecule has 0 aliphatic rings. The van der Waals surface area contributed by atoms with Crippen molar-refractivity contribution in [1.29, 1.82) is 5.26 Å². The molecule has 4 nitrogen and oxygen atoms in total. The first-order chi connectivity index (χ1) is 10.1. The third-order valence-electron chi connectivity index (χ3n) is 2.69. The van der Waals surface area contributed by atoms with E-state index in [1.165, 1.54) is 6.08 Å². The predicted molar refractivity (Wildman–Crippen MR) is 87.4 cm³/mol. The molecule has 0 aliphatic carbocycles. The van der Waals surface area contributed by atoms with Gasteiger partial charge < -0.3 is 11.1 Å². The van der Waals surface area contributed by atoms with E-state index >= 15 is 0 Å². The normalized spacial score (nSPS) is 10.3. The minimum atomic E-state index is -0.261. The zero-order valence-corrected chi connectivity index (χ0v) is 12.6. The number of hydrogen-bond donors (Lipinski definition) is 2. The highest BCUT2D eigenvalue weighted by molar-refractivity contribution is 9.10. The van der Waals surface area contributed by atoms with Gasteiger partial charge in [0.1, 0.15) is 0 Å². The summed E-state index contributed by atoms with van der Waals surface area (Å²) in [5, 5.41) is 11.5. The van der Waals surface area contributed by atoms with Crippen LogP contribution in [0.15, 0.2) is 53.0 Å². The van der Waals surface area contributed by atoms with Crippen LogP contribution >= 0.6 is 15.9 Å². The summed E-state index contributed by atoms with van der Waals surface area (Å²) in [5.74, 6) is -0.261. The van der Waals surface area contributed by atoms with Crippen LogP contribution in [0.5, 0.6) is 0 Å². The SMILES string of the molecule is N#Cc1ccc(NC(=O)/C=C/c2cccc(N)c2)c(Br)c1. The predicted octanol–water partition coefficient (Wildman–Crippen LogP) is 3.55. The fourth-order valence-corrected chi connectivity index (χ4v) is 2.17. The molecule has 1 amide bonds. The molecule has 0 saturated carbocycles. The minimum absolute atomic E-state index is 0.261. The maximum absolute atomic E-state index is 11.9. The van der Waals surface area contributed by atoms with Crippen molar-refractivity contribution in [2.24, 2.45) is 0 Å². The standard InChI is InChI=1S/C16H12BrN3O/c17-14-9-12(10-18)4-6-15(14)20-16(21)7-5-11-2-1-3-13(19)8-11/h1-9H,19H2,(H,20,21)/b7-5+. The van der Waals surface area contributed by atoms with E-state index in [2.05, 4.69) is 21.2 Å². The van der Waals surface area contributed by atoms with Gasteiger partial charge in [-0.1, -0.05) is 12.1 Å². The van der Waals surface area contributed by atoms with E-state index < -0.39 is 0 Å². The first-order valence-corrected chi connectivity index (χ1v) is 6.92. The number of nitrogens with two attached hydrogens (primary N) is 1. The van der Waals surface area contributed by atoms with Gasteiger partial charge >= 0.3 is 0 Å². The van der Waals surface area contributed by atoms with Crippen molar-refractivity contribution in [1.82, 2.24) is 0 Å². The largest absolute Gasteiger partial charge is 0.399 e. The minimum Gasteiger partial charge on any atom is -0.399 e. The molecule has 0 spiro atoms. The molecule has 0 aliphatic heterocycles. The fraction of sp³-hybridized carbons (Fsp3) is 0. The highest BCUT2D eigenvalue weighted by Crippen LogP contribution is 2.23. The van der Waals surface area contributed by atoms with Crippen molar-refractivity contribution in [3.63, 3.8) is 0 Å². The van der Waals surface area contributed by atoms with Crippen molar-refractivity contribution in [3.05, 3.63) is 64.1 Å². The van der Waals surface area contributed by atoms with Gasteiger partial charge in [-0.05, 0) is 57.9 Å². The highest BCUT2D eigenvalue weighted by atomic mass is 79.9. The van der Waals surface area contributed by atoms with Crippen LogP contribution in [0.3, 0.4) is 0 Å². The van der Waals surface area contributed by atoms with Crippen molar-refractivity contribution < 1.29 is 4.79 Å². The van der Waals surface area contributed by atoms with E-state index in [0.29, 0.717) is 21.4 Å². The number of nitrogens with zero attached hydrogens (tertiary/aromatic N) is 1. The summed E-state index contributed by atoms with van der Waals surface area (Å²) in [6.45, 7) is 0. The maximum Gasteiger partial charge on any atom is 0.248 e. The fourth-order valence-electron chi connectivity index (χ4n) is 1.70. The summed E-state index contributed by atoms with van der Waals surface area (Å²) < 4.78 is 0.659. The average Bonchev–Trinajstić information content (AvgIpc) is 2.47. The van der Waals surface area contributed by atoms with Gasteiger partial charge in [0.25, 0.3) is 0 Å². The second kappa shape index (κ2) is 6.73. The van der Waals surface area contributed by atoms with Crippen molar-refractivity contribution in [2.45, 2.75) is 0 Å². The third kappa shape index (κ3) is 4.20. The van der Waals surface area contributed by atoms with E-state index in [9.17, 15) is 4.79 Å². The lowest BCUT2D eigenvalue weighted by molar-refractivity contribution is -0.111. The first kappa shape index (κ1) is 14.8. The van der Waals surface area contributed by atoms with Gasteiger partial charge in [-0.3, -0.25) is 4.79 Å². The number of rotatable bonds is 3. The topological polar surface area (TPSA) is 78.9 Å². The number of nitrogen functional groups attached to an aromatic ring is 1. The van der Waals surface area contributed by atoms with Crippen LogP contribution in [0.4, 0.5) is 11.4 Å². The van der Waals surface area contributed by atoms with E-state index in [1.807, 2.05) is 18.2 Å². The smallest absolute Gasteiger partial charge is 0.248 e. The zero-order chi connectivity index (χ0) is 15.2. The molecule has 21 heavy (non-hydrogen) atoms. The Bertz CT molecular complexity index is 747. The van der Waals surface area contributed by atoms with E-state index in [4.69, 9.17) is 11.0 Å². The number of halogens is 1. The summed E-state index contributed by atoms with van der Waals surface area (Å²) in [6, 6.07) is 14.2. The van der Waals surface area contributed by atoms with Gasteiger partial charge in [-0.2, -0.15) is 5.26 Å². The van der Waals surface area contributed by atoms with Crippen molar-refractivity contribution >= 4 is 39.3 Å². The molecule has 2 aromatic rings. The Balaban J connectivity index is 2.07. The lowest BCUT2D eigenvalue weighted by Crippen LogP contribution is -2.08. The summed E-state index contributed by atoms with van der Waals surface area (Å²) in [5.41, 5.74) is 8.30. The van der Waals surface area contributed by atoms with E-state index in [0.717, 1.165) is 5.56 Å². The van der Waals surface area contributed by atoms with Gasteiger partial charge in [-0.15, -0.1) is 0 Å². The molecular weight excluding hydrogens is 330 g/mol. The Morgan fingerprint density at radius 1 is 1.29 bits per heavy atom. The molecule has 0 radical (unpaired) electrons. The molecule has 0 heterocycles. The number of amides is 1. The molecule has 2 rings (SSSR count). The summed E-state index contributed by atoms with van der Waals surface area (Å²) in [7, 11) is 0. The van der Waals surface area contributed by atoms with Gasteiger partial charge in [0.15, 0.2) is 0 Å². The molecule has 0 saturated heterocycles. The Morgan fingerprint density at radius 3 is 2.76 bits per heavy atom. The van der Waals surface area contributed by atoms with E-state index in [1.54, 1.807) is 36.4 Å². The summed E-state index contributed by atoms with van der Waals surface area (Å²) >= 11 is 3.32. The summed E-state index contributed by atoms with van der Waals surface area (Å²) in [6.07, 6.45) is 3.11. The van der Waals surface area contributed by atoms with Crippen molar-refractivity contribution in [3.8, 4) is 6.07 Å². The Labute approximate surface area is 131 Å². The average molecular weight is 342 g/mol. The number of carbonyl (C=O) groups is 1. The van der Waals surface area contributed by atoms with Crippen LogP contribution in [0.2, 0.25) is 0 Å². The number of nitrogens with one attached hydrogen (secondary N) is 1. The molecule has 0 atom stereocenters. The molecule has 0 fully saturated rings. The number of nitriles is 1. The first-order valence-electron chi connectivity index (χ1n) is 6.13. The molecular formula is C16H12BrN3O. The molecule has 0 bridgehead atoms. The van der Waals surface area contributed by atoms with Gasteiger partial charge in [0.2, 0.25) is 5.91 Å². The molecule has 5 heteroatoms. The maximum atomic E-state index is 11.9. The number of carbonyl (C=O) groups excluding carboxylic acids is 1. The van der Waals surface area contributed by atoms with Crippen LogP contribution in [0.25, 0.3) is 6.08 Å². The number of hydrogen-bond acceptors (Lipinski definition) is 3. The lowest BCUT2D eigenvalue weighted by Gasteiger charge is -2.05. The Hall–Kier alpha value is -2.58. The van der Waals surface area contributed by atoms with Gasteiger partial charge in [-0.25, -0.2) is 0 Å². The lowest BCUT2D eigenvalue weighted by atomic mass is 10.2. The third-order valence-corrected chi connectivity index (χ3v) is 3.35. The molecule has 0 unspecified atom stereocenters. The van der Waals surface area contributed by atoms with Crippen LogP contribution in [-0.2, 0) is 4.79 Å². The van der Waals surface area contributed by atoms with Crippen LogP contribution < -0.4 is 11.1 Å². The van der Waals surface area contributed by atoms with Crippen LogP contribution in [0, 0.1) is 11.3 Å². The van der Waals surface area contributed by atoms with Crippen LogP contribution in [0.1, 0.15) is 11.1 Å². The summed E-state index contributed by atoms with van der Waals surface area (Å²) in [4.78, 5) is 11.9. The van der Waals surface area contributed by atoms with Gasteiger partial charge in [0.05, 0.1) is 17.3 Å². The van der Waals surface area contributed by atoms with Crippen molar-refractivity contribution in [2.75, 3.05) is 11.1 Å². The highest BCUT2D eigenvalue weighted by Gasteiger charge is 2.04. The zero-order valence-electron chi connectivity index (χ0n) is 11.0. The van der Waals surface area contributed by atoms with Gasteiger partial charge in [0, 0.05) is 16.2 Å². The quantitative estimate of drug-likeness (QED) is 0.661. The monoisotopic (exact) mass is 341 g/mol. The molecule has 104 valence electrons. The van der Waals surface area contributed by atoms with Crippen LogP contribution in [-0.4, -0.2) is 5.91 Å². The second-order valence-electron chi connectivity index (χ2n) is 4.30. The Morgan fingerprint density at radius 2 is 2.10 bits per heavy atom. The second-order valence-corrected chi connectivity index (χ2v) is 5.15.